The summed E-state index contributed by atoms with van der Waals surface area (Å²) in [6.45, 7) is 3.47. The van der Waals surface area contributed by atoms with Gasteiger partial charge in [0.05, 0.1) is 6.54 Å². The van der Waals surface area contributed by atoms with Crippen molar-refractivity contribution in [1.82, 2.24) is 10.6 Å². The fourth-order valence-electron chi connectivity index (χ4n) is 2.74. The molecule has 1 saturated carbocycles. The van der Waals surface area contributed by atoms with E-state index in [1.165, 1.54) is 24.1 Å². The molecule has 1 aromatic rings. The van der Waals surface area contributed by atoms with Gasteiger partial charge < -0.3 is 15.5 Å². The molecule has 1 aromatic carbocycles. The molecular weight excluding hydrogens is 250 g/mol. The summed E-state index contributed by atoms with van der Waals surface area (Å²) in [5.41, 5.74) is 2.61. The summed E-state index contributed by atoms with van der Waals surface area (Å²) in [4.78, 5) is 14.1. The number of para-hydroxylation sites is 1. The van der Waals surface area contributed by atoms with E-state index < -0.39 is 0 Å². The zero-order valence-electron chi connectivity index (χ0n) is 11.9. The first-order valence-corrected chi connectivity index (χ1v) is 7.66. The number of carbonyl (C=O) groups is 1. The Morgan fingerprint density at radius 2 is 1.95 bits per heavy atom. The van der Waals surface area contributed by atoms with E-state index in [0.29, 0.717) is 12.6 Å². The van der Waals surface area contributed by atoms with Gasteiger partial charge in [0.1, 0.15) is 0 Å². The van der Waals surface area contributed by atoms with E-state index in [9.17, 15) is 4.79 Å². The first kappa shape index (κ1) is 13.4. The van der Waals surface area contributed by atoms with Crippen molar-refractivity contribution in [3.63, 3.8) is 0 Å². The van der Waals surface area contributed by atoms with E-state index in [-0.39, 0.29) is 5.91 Å². The molecule has 3 rings (SSSR count). The van der Waals surface area contributed by atoms with Crippen LogP contribution in [0.5, 0.6) is 0 Å². The van der Waals surface area contributed by atoms with Crippen molar-refractivity contribution >= 4 is 11.6 Å². The number of amides is 1. The van der Waals surface area contributed by atoms with E-state index in [2.05, 4.69) is 39.8 Å². The third-order valence-electron chi connectivity index (χ3n) is 3.98. The van der Waals surface area contributed by atoms with Crippen molar-refractivity contribution in [2.24, 2.45) is 0 Å². The molecule has 2 N–H and O–H groups in total. The van der Waals surface area contributed by atoms with Crippen molar-refractivity contribution in [1.29, 1.82) is 0 Å². The molecule has 0 radical (unpaired) electrons. The molecule has 0 bridgehead atoms. The number of nitrogens with one attached hydrogen (secondary N) is 2. The molecule has 1 amide bonds. The number of rotatable bonds is 6. The fraction of sp³-hybridized carbons (Fsp3) is 0.562. The minimum Gasteiger partial charge on any atom is -0.371 e. The highest BCUT2D eigenvalue weighted by Crippen LogP contribution is 2.24. The van der Waals surface area contributed by atoms with Crippen molar-refractivity contribution < 1.29 is 4.79 Å². The molecule has 2 fully saturated rings. The average molecular weight is 273 g/mol. The molecule has 0 spiro atoms. The lowest BCUT2D eigenvalue weighted by Gasteiger charge is -2.21. The molecule has 108 valence electrons. The smallest absolute Gasteiger partial charge is 0.234 e. The van der Waals surface area contributed by atoms with Crippen LogP contribution in [0.25, 0.3) is 0 Å². The molecule has 4 nitrogen and oxygen atoms in total. The van der Waals surface area contributed by atoms with E-state index in [0.717, 1.165) is 32.5 Å². The van der Waals surface area contributed by atoms with Gasteiger partial charge in [0.2, 0.25) is 5.91 Å². The standard InChI is InChI=1S/C16H23N3O/c20-16(18-14-7-8-14)12-17-11-13-5-1-2-6-15(13)19-9-3-4-10-19/h1-2,5-6,14,17H,3-4,7-12H2,(H,18,20). The van der Waals surface area contributed by atoms with Crippen LogP contribution >= 0.6 is 0 Å². The molecule has 0 aromatic heterocycles. The Bertz CT molecular complexity index is 465. The van der Waals surface area contributed by atoms with E-state index in [4.69, 9.17) is 0 Å². The summed E-state index contributed by atoms with van der Waals surface area (Å²) in [5, 5.41) is 6.26. The van der Waals surface area contributed by atoms with E-state index in [1.807, 2.05) is 0 Å². The zero-order valence-corrected chi connectivity index (χ0v) is 11.9. The third-order valence-corrected chi connectivity index (χ3v) is 3.98. The van der Waals surface area contributed by atoms with Crippen molar-refractivity contribution in [3.05, 3.63) is 29.8 Å². The second-order valence-corrected chi connectivity index (χ2v) is 5.77. The predicted molar refractivity (Wildman–Crippen MR) is 80.8 cm³/mol. The normalized spacial score (nSPS) is 18.3. The molecule has 20 heavy (non-hydrogen) atoms. The van der Waals surface area contributed by atoms with Crippen LogP contribution in [0.4, 0.5) is 5.69 Å². The predicted octanol–water partition coefficient (Wildman–Crippen LogP) is 1.66. The number of nitrogens with zero attached hydrogens (tertiary/aromatic N) is 1. The summed E-state index contributed by atoms with van der Waals surface area (Å²) < 4.78 is 0. The highest BCUT2D eigenvalue weighted by molar-refractivity contribution is 5.78. The second-order valence-electron chi connectivity index (χ2n) is 5.77. The van der Waals surface area contributed by atoms with Gasteiger partial charge in [0.25, 0.3) is 0 Å². The quantitative estimate of drug-likeness (QED) is 0.828. The van der Waals surface area contributed by atoms with Crippen molar-refractivity contribution in [2.45, 2.75) is 38.3 Å². The van der Waals surface area contributed by atoms with Crippen molar-refractivity contribution in [2.75, 3.05) is 24.5 Å². The highest BCUT2D eigenvalue weighted by atomic mass is 16.2. The van der Waals surface area contributed by atoms with Crippen LogP contribution in [0.1, 0.15) is 31.2 Å². The van der Waals surface area contributed by atoms with E-state index >= 15 is 0 Å². The number of anilines is 1. The van der Waals surface area contributed by atoms with Crippen LogP contribution < -0.4 is 15.5 Å². The van der Waals surface area contributed by atoms with Gasteiger partial charge in [-0.1, -0.05) is 18.2 Å². The third kappa shape index (κ3) is 3.51. The van der Waals surface area contributed by atoms with Crippen LogP contribution in [0.2, 0.25) is 0 Å². The fourth-order valence-corrected chi connectivity index (χ4v) is 2.74. The second kappa shape index (κ2) is 6.27. The number of benzene rings is 1. The summed E-state index contributed by atoms with van der Waals surface area (Å²) in [5.74, 6) is 0.117. The van der Waals surface area contributed by atoms with Gasteiger partial charge in [-0.25, -0.2) is 0 Å². The molecule has 0 atom stereocenters. The topological polar surface area (TPSA) is 44.4 Å². The Morgan fingerprint density at radius 3 is 2.70 bits per heavy atom. The molecule has 0 unspecified atom stereocenters. The molecule has 4 heteroatoms. The van der Waals surface area contributed by atoms with Gasteiger partial charge in [-0.3, -0.25) is 4.79 Å². The Labute approximate surface area is 120 Å². The molecule has 1 saturated heterocycles. The first-order valence-electron chi connectivity index (χ1n) is 7.66. The molecule has 2 aliphatic rings. The first-order chi connectivity index (χ1) is 9.83. The summed E-state index contributed by atoms with van der Waals surface area (Å²) in [6.07, 6.45) is 4.85. The van der Waals surface area contributed by atoms with Gasteiger partial charge in [-0.15, -0.1) is 0 Å². The zero-order chi connectivity index (χ0) is 13.8. The van der Waals surface area contributed by atoms with Crippen LogP contribution in [0, 0.1) is 0 Å². The monoisotopic (exact) mass is 273 g/mol. The average Bonchev–Trinajstić information content (AvgIpc) is 3.10. The highest BCUT2D eigenvalue weighted by Gasteiger charge is 2.22. The summed E-state index contributed by atoms with van der Waals surface area (Å²) in [6, 6.07) is 8.95. The van der Waals surface area contributed by atoms with Gasteiger partial charge in [0.15, 0.2) is 0 Å². The lowest BCUT2D eigenvalue weighted by molar-refractivity contribution is -0.120. The van der Waals surface area contributed by atoms with Gasteiger partial charge >= 0.3 is 0 Å². The number of carbonyl (C=O) groups excluding carboxylic acids is 1. The molecular formula is C16H23N3O. The van der Waals surface area contributed by atoms with Crippen LogP contribution in [0.15, 0.2) is 24.3 Å². The Morgan fingerprint density at radius 1 is 1.20 bits per heavy atom. The van der Waals surface area contributed by atoms with E-state index in [1.54, 1.807) is 0 Å². The van der Waals surface area contributed by atoms with Crippen LogP contribution in [-0.4, -0.2) is 31.6 Å². The Kier molecular flexibility index (Phi) is 4.21. The molecule has 1 aliphatic heterocycles. The SMILES string of the molecule is O=C(CNCc1ccccc1N1CCCC1)NC1CC1. The minimum atomic E-state index is 0.117. The Hall–Kier alpha value is -1.55. The maximum Gasteiger partial charge on any atom is 0.234 e. The summed E-state index contributed by atoms with van der Waals surface area (Å²) in [7, 11) is 0. The Balaban J connectivity index is 1.52. The van der Waals surface area contributed by atoms with Gasteiger partial charge in [-0.2, -0.15) is 0 Å². The maximum absolute atomic E-state index is 11.6. The van der Waals surface area contributed by atoms with Crippen LogP contribution in [0.3, 0.4) is 0 Å². The summed E-state index contributed by atoms with van der Waals surface area (Å²) >= 11 is 0. The van der Waals surface area contributed by atoms with Crippen molar-refractivity contribution in [3.8, 4) is 0 Å². The lowest BCUT2D eigenvalue weighted by Crippen LogP contribution is -2.35. The maximum atomic E-state index is 11.6. The molecule has 1 heterocycles. The molecule has 1 aliphatic carbocycles. The minimum absolute atomic E-state index is 0.117. The number of hydrogen-bond acceptors (Lipinski definition) is 3. The largest absolute Gasteiger partial charge is 0.371 e. The lowest BCUT2D eigenvalue weighted by atomic mass is 10.1. The van der Waals surface area contributed by atoms with Gasteiger partial charge in [-0.05, 0) is 37.3 Å². The van der Waals surface area contributed by atoms with Crippen LogP contribution in [-0.2, 0) is 11.3 Å². The van der Waals surface area contributed by atoms with Gasteiger partial charge in [0, 0.05) is 31.4 Å². The number of hydrogen-bond donors (Lipinski definition) is 2.